The number of rotatable bonds is 7. The van der Waals surface area contributed by atoms with Crippen LogP contribution in [0, 0.1) is 15.9 Å². The van der Waals surface area contributed by atoms with E-state index in [2.05, 4.69) is 21.2 Å². The van der Waals surface area contributed by atoms with Crippen molar-refractivity contribution in [3.05, 3.63) is 98.3 Å². The van der Waals surface area contributed by atoms with E-state index < -0.39 is 4.92 Å². The first-order chi connectivity index (χ1) is 13.0. The molecule has 0 saturated heterocycles. The highest BCUT2D eigenvalue weighted by Gasteiger charge is 2.08. The van der Waals surface area contributed by atoms with Gasteiger partial charge in [0.2, 0.25) is 0 Å². The van der Waals surface area contributed by atoms with E-state index in [0.29, 0.717) is 12.3 Å². The highest BCUT2D eigenvalue weighted by molar-refractivity contribution is 9.10. The third-order valence-electron chi connectivity index (χ3n) is 3.87. The smallest absolute Gasteiger partial charge is 0.269 e. The van der Waals surface area contributed by atoms with Crippen LogP contribution in [-0.2, 0) is 13.2 Å². The van der Waals surface area contributed by atoms with Gasteiger partial charge in [0.05, 0.1) is 4.92 Å². The number of nitro benzene ring substituents is 1. The zero-order valence-electron chi connectivity index (χ0n) is 14.2. The molecule has 5 nitrogen and oxygen atoms in total. The van der Waals surface area contributed by atoms with Gasteiger partial charge in [-0.1, -0.05) is 28.1 Å². The third kappa shape index (κ3) is 5.27. The lowest BCUT2D eigenvalue weighted by atomic mass is 10.2. The van der Waals surface area contributed by atoms with Gasteiger partial charge in [0, 0.05) is 34.4 Å². The highest BCUT2D eigenvalue weighted by Crippen LogP contribution is 2.26. The van der Waals surface area contributed by atoms with E-state index in [1.54, 1.807) is 24.3 Å². The van der Waals surface area contributed by atoms with Crippen molar-refractivity contribution < 1.29 is 14.1 Å². The zero-order chi connectivity index (χ0) is 19.2. The summed E-state index contributed by atoms with van der Waals surface area (Å²) in [6, 6.07) is 18.1. The molecule has 0 saturated carbocycles. The largest absolute Gasteiger partial charge is 0.489 e. The molecule has 138 valence electrons. The first-order valence-electron chi connectivity index (χ1n) is 8.15. The molecule has 0 heterocycles. The molecular weight excluding hydrogens is 415 g/mol. The van der Waals surface area contributed by atoms with Gasteiger partial charge in [-0.25, -0.2) is 4.39 Å². The molecule has 7 heteroatoms. The third-order valence-corrected chi connectivity index (χ3v) is 4.36. The average molecular weight is 431 g/mol. The molecule has 27 heavy (non-hydrogen) atoms. The maximum atomic E-state index is 13.3. The topological polar surface area (TPSA) is 64.4 Å². The molecule has 0 atom stereocenters. The lowest BCUT2D eigenvalue weighted by Crippen LogP contribution is -2.04. The number of non-ortho nitro benzene ring substituents is 1. The lowest BCUT2D eigenvalue weighted by molar-refractivity contribution is -0.384. The number of hydrogen-bond donors (Lipinski definition) is 1. The Morgan fingerprint density at radius 1 is 1.07 bits per heavy atom. The van der Waals surface area contributed by atoms with Crippen molar-refractivity contribution in [3.8, 4) is 5.75 Å². The van der Waals surface area contributed by atoms with Crippen LogP contribution in [0.15, 0.2) is 71.2 Å². The number of benzene rings is 3. The maximum absolute atomic E-state index is 13.3. The van der Waals surface area contributed by atoms with Crippen molar-refractivity contribution in [3.63, 3.8) is 0 Å². The average Bonchev–Trinajstić information content (AvgIpc) is 2.66. The van der Waals surface area contributed by atoms with Crippen LogP contribution in [0.5, 0.6) is 5.75 Å². The SMILES string of the molecule is O=[N+]([O-])c1ccc(NCc2cc(Br)ccc2OCc2cccc(F)c2)cc1. The number of anilines is 1. The van der Waals surface area contributed by atoms with E-state index in [-0.39, 0.29) is 18.1 Å². The molecule has 0 bridgehead atoms. The van der Waals surface area contributed by atoms with E-state index in [1.165, 1.54) is 24.3 Å². The summed E-state index contributed by atoms with van der Waals surface area (Å²) in [7, 11) is 0. The van der Waals surface area contributed by atoms with E-state index in [1.807, 2.05) is 18.2 Å². The van der Waals surface area contributed by atoms with Gasteiger partial charge >= 0.3 is 0 Å². The normalized spacial score (nSPS) is 10.4. The molecule has 0 aromatic heterocycles. The second-order valence-corrected chi connectivity index (χ2v) is 6.74. The Morgan fingerprint density at radius 2 is 1.85 bits per heavy atom. The number of hydrogen-bond acceptors (Lipinski definition) is 4. The molecule has 0 aliphatic rings. The van der Waals surface area contributed by atoms with Gasteiger partial charge < -0.3 is 10.1 Å². The molecule has 0 radical (unpaired) electrons. The monoisotopic (exact) mass is 430 g/mol. The summed E-state index contributed by atoms with van der Waals surface area (Å²) in [5.41, 5.74) is 2.45. The van der Waals surface area contributed by atoms with E-state index >= 15 is 0 Å². The molecule has 3 aromatic rings. The Bertz CT molecular complexity index is 948. The number of nitro groups is 1. The molecule has 0 fully saturated rings. The van der Waals surface area contributed by atoms with Crippen LogP contribution in [-0.4, -0.2) is 4.92 Å². The van der Waals surface area contributed by atoms with Crippen molar-refractivity contribution in [2.24, 2.45) is 0 Å². The number of halogens is 2. The Kier molecular flexibility index (Phi) is 6.03. The Labute approximate surface area is 164 Å². The molecular formula is C20H16BrFN2O3. The molecule has 3 rings (SSSR count). The lowest BCUT2D eigenvalue weighted by Gasteiger charge is -2.14. The highest BCUT2D eigenvalue weighted by atomic mass is 79.9. The standard InChI is InChI=1S/C20H16BrFN2O3/c21-16-4-9-20(27-13-14-2-1-3-17(22)10-14)15(11-16)12-23-18-5-7-19(8-6-18)24(25)26/h1-11,23H,12-13H2. The summed E-state index contributed by atoms with van der Waals surface area (Å²) < 4.78 is 20.1. The zero-order valence-corrected chi connectivity index (χ0v) is 15.8. The molecule has 0 amide bonds. The van der Waals surface area contributed by atoms with Gasteiger partial charge in [-0.15, -0.1) is 0 Å². The Hall–Kier alpha value is -2.93. The molecule has 3 aromatic carbocycles. The van der Waals surface area contributed by atoms with Crippen molar-refractivity contribution in [2.75, 3.05) is 5.32 Å². The van der Waals surface area contributed by atoms with E-state index in [0.717, 1.165) is 21.3 Å². The Morgan fingerprint density at radius 3 is 2.56 bits per heavy atom. The fraction of sp³-hybridized carbons (Fsp3) is 0.100. The number of nitrogens with one attached hydrogen (secondary N) is 1. The minimum absolute atomic E-state index is 0.0436. The second-order valence-electron chi connectivity index (χ2n) is 5.83. The molecule has 0 unspecified atom stereocenters. The van der Waals surface area contributed by atoms with Crippen LogP contribution in [0.4, 0.5) is 15.8 Å². The van der Waals surface area contributed by atoms with Crippen LogP contribution in [0.2, 0.25) is 0 Å². The van der Waals surface area contributed by atoms with Gasteiger partial charge in [0.1, 0.15) is 18.2 Å². The molecule has 1 N–H and O–H groups in total. The fourth-order valence-corrected chi connectivity index (χ4v) is 2.92. The van der Waals surface area contributed by atoms with Crippen molar-refractivity contribution in [1.82, 2.24) is 0 Å². The van der Waals surface area contributed by atoms with Gasteiger partial charge in [-0.05, 0) is 48.0 Å². The second kappa shape index (κ2) is 8.64. The first kappa shape index (κ1) is 18.8. The summed E-state index contributed by atoms with van der Waals surface area (Å²) in [5.74, 6) is 0.379. The number of ether oxygens (including phenoxy) is 1. The summed E-state index contributed by atoms with van der Waals surface area (Å²) in [6.45, 7) is 0.722. The summed E-state index contributed by atoms with van der Waals surface area (Å²) in [6.07, 6.45) is 0. The minimum atomic E-state index is -0.434. The van der Waals surface area contributed by atoms with Crippen LogP contribution < -0.4 is 10.1 Å². The maximum Gasteiger partial charge on any atom is 0.269 e. The molecule has 0 spiro atoms. The molecule has 0 aliphatic carbocycles. The number of nitrogens with zero attached hydrogens (tertiary/aromatic N) is 1. The van der Waals surface area contributed by atoms with E-state index in [9.17, 15) is 14.5 Å². The Balaban J connectivity index is 1.69. The van der Waals surface area contributed by atoms with Crippen LogP contribution in [0.3, 0.4) is 0 Å². The fourth-order valence-electron chi connectivity index (χ4n) is 2.51. The van der Waals surface area contributed by atoms with Crippen molar-refractivity contribution in [2.45, 2.75) is 13.2 Å². The van der Waals surface area contributed by atoms with Gasteiger partial charge in [0.15, 0.2) is 0 Å². The van der Waals surface area contributed by atoms with E-state index in [4.69, 9.17) is 4.74 Å². The quantitative estimate of drug-likeness (QED) is 0.386. The molecule has 0 aliphatic heterocycles. The summed E-state index contributed by atoms with van der Waals surface area (Å²) >= 11 is 3.45. The minimum Gasteiger partial charge on any atom is -0.489 e. The van der Waals surface area contributed by atoms with Gasteiger partial charge in [-0.3, -0.25) is 10.1 Å². The van der Waals surface area contributed by atoms with Gasteiger partial charge in [0.25, 0.3) is 5.69 Å². The summed E-state index contributed by atoms with van der Waals surface area (Å²) in [4.78, 5) is 10.3. The predicted octanol–water partition coefficient (Wildman–Crippen LogP) is 5.69. The first-order valence-corrected chi connectivity index (χ1v) is 8.94. The summed E-state index contributed by atoms with van der Waals surface area (Å²) in [5, 5.41) is 13.9. The van der Waals surface area contributed by atoms with Crippen molar-refractivity contribution in [1.29, 1.82) is 0 Å². The van der Waals surface area contributed by atoms with Crippen LogP contribution in [0.25, 0.3) is 0 Å². The van der Waals surface area contributed by atoms with Crippen LogP contribution in [0.1, 0.15) is 11.1 Å². The predicted molar refractivity (Wildman–Crippen MR) is 105 cm³/mol. The van der Waals surface area contributed by atoms with Gasteiger partial charge in [-0.2, -0.15) is 0 Å². The van der Waals surface area contributed by atoms with Crippen molar-refractivity contribution >= 4 is 27.3 Å². The van der Waals surface area contributed by atoms with Crippen LogP contribution >= 0.6 is 15.9 Å².